The van der Waals surface area contributed by atoms with Crippen LogP contribution in [0.1, 0.15) is 31.1 Å². The zero-order valence-corrected chi connectivity index (χ0v) is 9.88. The third-order valence-electron chi connectivity index (χ3n) is 2.45. The molecule has 2 N–H and O–H groups in total. The summed E-state index contributed by atoms with van der Waals surface area (Å²) in [5.41, 5.74) is 7.88. The van der Waals surface area contributed by atoms with E-state index in [0.717, 1.165) is 11.3 Å². The van der Waals surface area contributed by atoms with Crippen LogP contribution in [0.5, 0.6) is 0 Å². The van der Waals surface area contributed by atoms with Gasteiger partial charge in [-0.1, -0.05) is 0 Å². The van der Waals surface area contributed by atoms with Crippen LogP contribution in [0.3, 0.4) is 0 Å². The van der Waals surface area contributed by atoms with Crippen LogP contribution in [0.15, 0.2) is 18.5 Å². The normalized spacial score (nSPS) is 11.2. The molecule has 0 aromatic carbocycles. The van der Waals surface area contributed by atoms with Gasteiger partial charge in [0, 0.05) is 23.9 Å². The summed E-state index contributed by atoms with van der Waals surface area (Å²) in [5.74, 6) is 0.690. The van der Waals surface area contributed by atoms with Crippen LogP contribution in [0, 0.1) is 6.92 Å². The van der Waals surface area contributed by atoms with Crippen LogP contribution >= 0.6 is 0 Å². The summed E-state index contributed by atoms with van der Waals surface area (Å²) in [7, 11) is 0. The third kappa shape index (κ3) is 2.08. The second-order valence-corrected chi connectivity index (χ2v) is 4.29. The number of aromatic nitrogens is 4. The first-order chi connectivity index (χ1) is 7.56. The Balaban J connectivity index is 2.17. The van der Waals surface area contributed by atoms with Crippen LogP contribution in [0.25, 0.3) is 0 Å². The molecule has 0 aliphatic heterocycles. The molecule has 0 unspecified atom stereocenters. The van der Waals surface area contributed by atoms with Gasteiger partial charge in [0.25, 0.3) is 0 Å². The number of nitrogens with two attached hydrogens (primary N) is 1. The van der Waals surface area contributed by atoms with Crippen molar-refractivity contribution in [2.24, 2.45) is 0 Å². The van der Waals surface area contributed by atoms with Crippen molar-refractivity contribution >= 4 is 5.82 Å². The number of rotatable bonds is 3. The molecule has 0 spiro atoms. The van der Waals surface area contributed by atoms with Gasteiger partial charge < -0.3 is 5.73 Å². The van der Waals surface area contributed by atoms with Gasteiger partial charge in [-0.25, -0.2) is 4.68 Å². The van der Waals surface area contributed by atoms with Gasteiger partial charge in [-0.15, -0.1) is 0 Å². The molecule has 0 radical (unpaired) electrons. The number of aryl methyl sites for hydroxylation is 1. The first-order valence-electron chi connectivity index (χ1n) is 5.39. The van der Waals surface area contributed by atoms with E-state index in [1.165, 1.54) is 0 Å². The average molecular weight is 219 g/mol. The lowest BCUT2D eigenvalue weighted by Gasteiger charge is -2.03. The smallest absolute Gasteiger partial charge is 0.122 e. The maximum atomic E-state index is 5.83. The number of nitrogens with zero attached hydrogens (tertiary/aromatic N) is 4. The minimum atomic E-state index is 0.380. The Bertz CT molecular complexity index is 480. The number of hydrogen-bond donors (Lipinski definition) is 1. The molecule has 0 atom stereocenters. The minimum absolute atomic E-state index is 0.380. The van der Waals surface area contributed by atoms with Gasteiger partial charge in [-0.3, -0.25) is 4.68 Å². The van der Waals surface area contributed by atoms with Crippen molar-refractivity contribution in [3.8, 4) is 0 Å². The fourth-order valence-electron chi connectivity index (χ4n) is 1.61. The second-order valence-electron chi connectivity index (χ2n) is 4.29. The number of anilines is 1. The molecule has 0 aliphatic carbocycles. The van der Waals surface area contributed by atoms with Crippen molar-refractivity contribution in [3.05, 3.63) is 29.7 Å². The van der Waals surface area contributed by atoms with Crippen molar-refractivity contribution in [1.29, 1.82) is 0 Å². The lowest BCUT2D eigenvalue weighted by atomic mass is 10.3. The summed E-state index contributed by atoms with van der Waals surface area (Å²) < 4.78 is 3.72. The Morgan fingerprint density at radius 2 is 2.19 bits per heavy atom. The minimum Gasteiger partial charge on any atom is -0.384 e. The summed E-state index contributed by atoms with van der Waals surface area (Å²) in [6, 6.07) is 2.25. The van der Waals surface area contributed by atoms with Crippen molar-refractivity contribution in [1.82, 2.24) is 19.6 Å². The van der Waals surface area contributed by atoms with E-state index in [4.69, 9.17) is 5.73 Å². The average Bonchev–Trinajstić information content (AvgIpc) is 2.75. The van der Waals surface area contributed by atoms with Crippen LogP contribution in [0.4, 0.5) is 5.82 Å². The van der Waals surface area contributed by atoms with Gasteiger partial charge in [0.2, 0.25) is 0 Å². The Morgan fingerprint density at radius 1 is 1.44 bits per heavy atom. The second kappa shape index (κ2) is 4.00. The lowest BCUT2D eigenvalue weighted by Crippen LogP contribution is -2.05. The molecule has 0 saturated carbocycles. The summed E-state index contributed by atoms with van der Waals surface area (Å²) in [6.07, 6.45) is 3.89. The molecular weight excluding hydrogens is 202 g/mol. The summed E-state index contributed by atoms with van der Waals surface area (Å²) in [5, 5.41) is 8.60. The molecule has 0 saturated heterocycles. The molecule has 2 aromatic rings. The molecule has 0 bridgehead atoms. The van der Waals surface area contributed by atoms with Gasteiger partial charge in [0.15, 0.2) is 0 Å². The quantitative estimate of drug-likeness (QED) is 0.852. The lowest BCUT2D eigenvalue weighted by molar-refractivity contribution is 0.531. The maximum Gasteiger partial charge on any atom is 0.122 e. The highest BCUT2D eigenvalue weighted by Crippen LogP contribution is 2.10. The van der Waals surface area contributed by atoms with Crippen molar-refractivity contribution < 1.29 is 0 Å². The fraction of sp³-hybridized carbons (Fsp3) is 0.455. The van der Waals surface area contributed by atoms with E-state index in [-0.39, 0.29) is 0 Å². The summed E-state index contributed by atoms with van der Waals surface area (Å²) in [4.78, 5) is 0. The predicted molar refractivity (Wildman–Crippen MR) is 63.1 cm³/mol. The fourth-order valence-corrected chi connectivity index (χ4v) is 1.61. The Labute approximate surface area is 94.9 Å². The molecule has 2 aromatic heterocycles. The highest BCUT2D eigenvalue weighted by atomic mass is 15.3. The third-order valence-corrected chi connectivity index (χ3v) is 2.45. The Hall–Kier alpha value is -1.78. The van der Waals surface area contributed by atoms with E-state index in [2.05, 4.69) is 24.0 Å². The van der Waals surface area contributed by atoms with Crippen molar-refractivity contribution in [2.75, 3.05) is 5.73 Å². The SMILES string of the molecule is Cc1cc(N)n(Cc2cnn(C(C)C)c2)n1. The van der Waals surface area contributed by atoms with Gasteiger partial charge >= 0.3 is 0 Å². The molecule has 0 fully saturated rings. The highest BCUT2D eigenvalue weighted by Gasteiger charge is 2.05. The first-order valence-corrected chi connectivity index (χ1v) is 5.39. The Morgan fingerprint density at radius 3 is 2.69 bits per heavy atom. The molecule has 2 heterocycles. The van der Waals surface area contributed by atoms with Crippen molar-refractivity contribution in [3.63, 3.8) is 0 Å². The summed E-state index contributed by atoms with van der Waals surface area (Å²) >= 11 is 0. The molecule has 16 heavy (non-hydrogen) atoms. The largest absolute Gasteiger partial charge is 0.384 e. The maximum absolute atomic E-state index is 5.83. The van der Waals surface area contributed by atoms with E-state index < -0.39 is 0 Å². The zero-order chi connectivity index (χ0) is 11.7. The monoisotopic (exact) mass is 219 g/mol. The molecule has 5 heteroatoms. The molecular formula is C11H17N5. The van der Waals surface area contributed by atoms with E-state index in [1.807, 2.05) is 30.1 Å². The number of nitrogen functional groups attached to an aromatic ring is 1. The topological polar surface area (TPSA) is 61.7 Å². The number of hydrogen-bond acceptors (Lipinski definition) is 3. The van der Waals surface area contributed by atoms with Gasteiger partial charge in [-0.05, 0) is 20.8 Å². The van der Waals surface area contributed by atoms with Crippen LogP contribution in [-0.2, 0) is 6.54 Å². The van der Waals surface area contributed by atoms with Crippen molar-refractivity contribution in [2.45, 2.75) is 33.4 Å². The van der Waals surface area contributed by atoms with Crippen LogP contribution < -0.4 is 5.73 Å². The van der Waals surface area contributed by atoms with Gasteiger partial charge in [0.05, 0.1) is 18.4 Å². The van der Waals surface area contributed by atoms with Gasteiger partial charge in [0.1, 0.15) is 5.82 Å². The molecule has 0 amide bonds. The van der Waals surface area contributed by atoms with Crippen LogP contribution in [0.2, 0.25) is 0 Å². The Kier molecular flexibility index (Phi) is 2.68. The van der Waals surface area contributed by atoms with E-state index in [9.17, 15) is 0 Å². The molecule has 2 rings (SSSR count). The molecule has 5 nitrogen and oxygen atoms in total. The zero-order valence-electron chi connectivity index (χ0n) is 9.88. The highest BCUT2D eigenvalue weighted by molar-refractivity contribution is 5.31. The predicted octanol–water partition coefficient (Wildman–Crippen LogP) is 1.60. The van der Waals surface area contributed by atoms with E-state index in [0.29, 0.717) is 18.4 Å². The standard InChI is InChI=1S/C11H17N5/c1-8(2)15-6-10(5-13-15)7-16-11(12)4-9(3)14-16/h4-6,8H,7,12H2,1-3H3. The molecule has 0 aliphatic rings. The summed E-state index contributed by atoms with van der Waals surface area (Å²) in [6.45, 7) is 6.81. The first kappa shape index (κ1) is 10.7. The van der Waals surface area contributed by atoms with E-state index in [1.54, 1.807) is 4.68 Å². The van der Waals surface area contributed by atoms with E-state index >= 15 is 0 Å². The van der Waals surface area contributed by atoms with Crippen LogP contribution in [-0.4, -0.2) is 19.6 Å². The molecule has 86 valence electrons. The van der Waals surface area contributed by atoms with Gasteiger partial charge in [-0.2, -0.15) is 10.2 Å².